The van der Waals surface area contributed by atoms with Gasteiger partial charge in [-0.2, -0.15) is 0 Å². The van der Waals surface area contributed by atoms with Crippen molar-refractivity contribution in [3.8, 4) is 0 Å². The van der Waals surface area contributed by atoms with Crippen molar-refractivity contribution in [3.63, 3.8) is 0 Å². The molecule has 0 radical (unpaired) electrons. The zero-order valence-corrected chi connectivity index (χ0v) is 17.9. The molecular weight excluding hydrogens is 466 g/mol. The van der Waals surface area contributed by atoms with Crippen molar-refractivity contribution in [2.45, 2.75) is 10.0 Å². The van der Waals surface area contributed by atoms with Crippen LogP contribution in [0.15, 0.2) is 60.7 Å². The monoisotopic (exact) mass is 481 g/mol. The van der Waals surface area contributed by atoms with Gasteiger partial charge in [0.25, 0.3) is 10.0 Å². The highest BCUT2D eigenvalue weighted by molar-refractivity contribution is 7.86. The molecule has 0 saturated carbocycles. The van der Waals surface area contributed by atoms with E-state index in [2.05, 4.69) is 13.9 Å². The van der Waals surface area contributed by atoms with Crippen LogP contribution in [-0.4, -0.2) is 19.6 Å². The lowest BCUT2D eigenvalue weighted by Crippen LogP contribution is -2.60. The van der Waals surface area contributed by atoms with E-state index in [-0.39, 0.29) is 11.1 Å². The Labute approximate surface area is 164 Å². The topological polar surface area (TPSA) is 180 Å². The van der Waals surface area contributed by atoms with Crippen LogP contribution in [0.2, 0.25) is 0 Å². The van der Waals surface area contributed by atoms with E-state index in [1.54, 1.807) is 0 Å². The first-order chi connectivity index (χ1) is 13.3. The van der Waals surface area contributed by atoms with Crippen LogP contribution in [-0.2, 0) is 36.9 Å². The summed E-state index contributed by atoms with van der Waals surface area (Å²) in [5.74, 6) is 0. The predicted molar refractivity (Wildman–Crippen MR) is 101 cm³/mol. The molecule has 11 nitrogen and oxygen atoms in total. The summed E-state index contributed by atoms with van der Waals surface area (Å²) in [6.07, 6.45) is 0. The second-order valence-corrected chi connectivity index (χ2v) is 15.3. The van der Waals surface area contributed by atoms with Gasteiger partial charge in [0.05, 0.1) is 0 Å². The minimum Gasteiger partial charge on any atom is -0.322 e. The molecule has 2 aliphatic heterocycles. The number of benzene rings is 2. The molecule has 2 aromatic rings. The number of hydrogen-bond donors (Lipinski definition) is 5. The molecule has 156 valence electrons. The molecule has 4 rings (SSSR count). The van der Waals surface area contributed by atoms with Crippen LogP contribution >= 0.6 is 30.4 Å². The molecule has 2 fully saturated rings. The van der Waals surface area contributed by atoms with Crippen molar-refractivity contribution in [2.24, 2.45) is 0 Å². The van der Waals surface area contributed by atoms with Crippen LogP contribution in [0.1, 0.15) is 11.1 Å². The molecule has 29 heavy (non-hydrogen) atoms. The highest BCUT2D eigenvalue weighted by atomic mass is 31.3. The van der Waals surface area contributed by atoms with Gasteiger partial charge in [-0.15, -0.1) is 0 Å². The van der Waals surface area contributed by atoms with Gasteiger partial charge >= 0.3 is 30.4 Å². The summed E-state index contributed by atoms with van der Waals surface area (Å²) >= 11 is 0. The highest BCUT2D eigenvalue weighted by Crippen LogP contribution is 2.97. The largest absolute Gasteiger partial charge is 0.372 e. The van der Waals surface area contributed by atoms with Crippen molar-refractivity contribution >= 4 is 30.4 Å². The number of rotatable bonds is 2. The minimum absolute atomic E-state index is 0.309. The van der Waals surface area contributed by atoms with Crippen LogP contribution in [0.4, 0.5) is 0 Å². The van der Waals surface area contributed by atoms with Gasteiger partial charge < -0.3 is 19.6 Å². The van der Waals surface area contributed by atoms with Crippen molar-refractivity contribution < 1.29 is 46.5 Å². The molecule has 0 spiro atoms. The standard InChI is InChI=1S/C14H15NO10P4/c16-26(17)13(11-7-3-1-4-8-11)15-14(28(20,21)24-26,12-9-5-2-6-10-12)29(22,23)25-27(13,18)19/h1-10,15H,(H,16,17)(H,18,19)(H,20,21)(H,22,23). The molecule has 2 saturated heterocycles. The molecule has 2 aromatic carbocycles. The first-order valence-corrected chi connectivity index (χ1v) is 14.3. The maximum atomic E-state index is 13.1. The molecule has 15 heteroatoms. The van der Waals surface area contributed by atoms with E-state index in [4.69, 9.17) is 0 Å². The van der Waals surface area contributed by atoms with Gasteiger partial charge in [0.2, 0.25) is 0 Å². The third-order valence-corrected chi connectivity index (χ3v) is 16.1. The van der Waals surface area contributed by atoms with Crippen molar-refractivity contribution in [1.29, 1.82) is 0 Å². The molecule has 2 heterocycles. The second kappa shape index (κ2) is 6.30. The Bertz CT molecular complexity index is 1030. The molecule has 2 aliphatic rings. The van der Waals surface area contributed by atoms with Crippen molar-refractivity contribution in [1.82, 2.24) is 5.32 Å². The summed E-state index contributed by atoms with van der Waals surface area (Å²) in [5, 5.41) is -3.82. The number of hydrogen-bond acceptors (Lipinski definition) is 7. The van der Waals surface area contributed by atoms with Crippen LogP contribution in [0, 0.1) is 0 Å². The zero-order valence-electron chi connectivity index (χ0n) is 14.3. The SMILES string of the molecule is O=P1(O)OP(=O)(O)C2(c3ccccc3)NC1(c1ccccc1)P(=O)(O)OP2(=O)O. The van der Waals surface area contributed by atoms with Crippen molar-refractivity contribution in [3.05, 3.63) is 71.8 Å². The smallest absolute Gasteiger partial charge is 0.322 e. The summed E-state index contributed by atoms with van der Waals surface area (Å²) in [7, 11) is -22.0. The average Bonchev–Trinajstić information content (AvgIpc) is 2.60. The molecule has 4 atom stereocenters. The first-order valence-electron chi connectivity index (χ1n) is 7.98. The Morgan fingerprint density at radius 2 is 0.862 bits per heavy atom. The Balaban J connectivity index is 2.16. The second-order valence-electron chi connectivity index (χ2n) is 6.45. The quantitative estimate of drug-likeness (QED) is 0.398. The van der Waals surface area contributed by atoms with E-state index in [1.165, 1.54) is 60.7 Å². The fourth-order valence-corrected chi connectivity index (χ4v) is 15.2. The molecule has 0 aliphatic carbocycles. The third kappa shape index (κ3) is 2.59. The maximum Gasteiger partial charge on any atom is 0.372 e. The molecule has 2 bridgehead atoms. The summed E-state index contributed by atoms with van der Waals surface area (Å²) in [4.78, 5) is 42.2. The van der Waals surface area contributed by atoms with Crippen LogP contribution < -0.4 is 5.32 Å². The zero-order chi connectivity index (χ0) is 21.3. The summed E-state index contributed by atoms with van der Waals surface area (Å²) in [6, 6.07) is 13.2. The Kier molecular flexibility index (Phi) is 4.63. The summed E-state index contributed by atoms with van der Waals surface area (Å²) in [5.41, 5.74) is -0.618. The molecule has 0 amide bonds. The van der Waals surface area contributed by atoms with E-state index in [0.717, 1.165) is 0 Å². The Morgan fingerprint density at radius 3 is 1.14 bits per heavy atom. The van der Waals surface area contributed by atoms with Crippen LogP contribution in [0.25, 0.3) is 0 Å². The van der Waals surface area contributed by atoms with Crippen LogP contribution in [0.3, 0.4) is 0 Å². The Morgan fingerprint density at radius 1 is 0.586 bits per heavy atom. The van der Waals surface area contributed by atoms with E-state index in [0.29, 0.717) is 0 Å². The highest BCUT2D eigenvalue weighted by Gasteiger charge is 2.85. The van der Waals surface area contributed by atoms with Gasteiger partial charge in [0.1, 0.15) is 0 Å². The normalized spacial score (nSPS) is 46.9. The van der Waals surface area contributed by atoms with Gasteiger partial charge in [-0.3, -0.25) is 23.6 Å². The number of nitrogens with one attached hydrogen (secondary N) is 1. The van der Waals surface area contributed by atoms with Gasteiger partial charge in [-0.1, -0.05) is 60.7 Å². The van der Waals surface area contributed by atoms with Gasteiger partial charge in [0, 0.05) is 0 Å². The third-order valence-electron chi connectivity index (χ3n) is 4.78. The minimum atomic E-state index is -5.49. The lowest BCUT2D eigenvalue weighted by atomic mass is 10.2. The molecular formula is C14H15NO10P4. The van der Waals surface area contributed by atoms with E-state index in [1.807, 2.05) is 0 Å². The molecule has 0 aromatic heterocycles. The lowest BCUT2D eigenvalue weighted by Gasteiger charge is -2.56. The predicted octanol–water partition coefficient (Wildman–Crippen LogP) is 3.00. The lowest BCUT2D eigenvalue weighted by molar-refractivity contribution is 0.192. The van der Waals surface area contributed by atoms with Gasteiger partial charge in [-0.25, -0.2) is 8.62 Å². The fraction of sp³-hybridized carbons (Fsp3) is 0.143. The van der Waals surface area contributed by atoms with Crippen molar-refractivity contribution in [2.75, 3.05) is 0 Å². The molecule has 5 N–H and O–H groups in total. The van der Waals surface area contributed by atoms with E-state index in [9.17, 15) is 37.8 Å². The van der Waals surface area contributed by atoms with Crippen LogP contribution in [0.5, 0.6) is 0 Å². The maximum absolute atomic E-state index is 13.1. The summed E-state index contributed by atoms with van der Waals surface area (Å²) in [6.45, 7) is 0. The van der Waals surface area contributed by atoms with Gasteiger partial charge in [0.15, 0.2) is 0 Å². The van der Waals surface area contributed by atoms with E-state index < -0.39 is 40.4 Å². The van der Waals surface area contributed by atoms with E-state index >= 15 is 0 Å². The average molecular weight is 481 g/mol. The molecule has 4 unspecified atom stereocenters. The number of fused-ring (bicyclic) bond motifs is 2. The van der Waals surface area contributed by atoms with Gasteiger partial charge in [-0.05, 0) is 11.1 Å². The summed E-state index contributed by atoms with van der Waals surface area (Å²) < 4.78 is 61.5. The first kappa shape index (κ1) is 21.3. The fourth-order valence-electron chi connectivity index (χ4n) is 3.52. The Hall–Kier alpha value is -0.920.